The lowest BCUT2D eigenvalue weighted by Crippen LogP contribution is -2.38. The second kappa shape index (κ2) is 6.88. The monoisotopic (exact) mass is 254 g/mol. The zero-order chi connectivity index (χ0) is 13.6. The Morgan fingerprint density at radius 2 is 2.00 bits per heavy atom. The predicted molar refractivity (Wildman–Crippen MR) is 72.0 cm³/mol. The average molecular weight is 254 g/mol. The van der Waals surface area contributed by atoms with E-state index in [1.165, 1.54) is 0 Å². The van der Waals surface area contributed by atoms with Crippen LogP contribution in [0.3, 0.4) is 0 Å². The van der Waals surface area contributed by atoms with E-state index in [1.807, 2.05) is 13.8 Å². The molecule has 1 aliphatic heterocycles. The molecular weight excluding hydrogens is 228 g/mol. The number of hydrogen-bond donors (Lipinski definition) is 2. The molecule has 4 nitrogen and oxygen atoms in total. The number of ketones is 1. The van der Waals surface area contributed by atoms with Gasteiger partial charge in [0.05, 0.1) is 0 Å². The van der Waals surface area contributed by atoms with E-state index in [-0.39, 0.29) is 17.6 Å². The highest BCUT2D eigenvalue weighted by atomic mass is 16.2. The summed E-state index contributed by atoms with van der Waals surface area (Å²) in [6.45, 7) is 4.77. The maximum Gasteiger partial charge on any atom is 0.223 e. The van der Waals surface area contributed by atoms with Crippen LogP contribution in [-0.4, -0.2) is 24.8 Å². The molecule has 104 valence electrons. The van der Waals surface area contributed by atoms with E-state index < -0.39 is 5.41 Å². The molecule has 0 bridgehead atoms. The summed E-state index contributed by atoms with van der Waals surface area (Å²) in [6.07, 6.45) is 5.54. The Bertz CT molecular complexity index is 300. The quantitative estimate of drug-likeness (QED) is 0.801. The zero-order valence-electron chi connectivity index (χ0n) is 11.6. The van der Waals surface area contributed by atoms with E-state index in [0.717, 1.165) is 38.6 Å². The van der Waals surface area contributed by atoms with Gasteiger partial charge in [-0.25, -0.2) is 0 Å². The number of Topliss-reactive ketones (excluding diaryl/α,β-unsaturated/α-hetero) is 1. The molecule has 1 saturated heterocycles. The number of rotatable bonds is 4. The maximum absolute atomic E-state index is 12.1. The molecule has 1 unspecified atom stereocenters. The van der Waals surface area contributed by atoms with Gasteiger partial charge in [0, 0.05) is 30.8 Å². The second-order valence-corrected chi connectivity index (χ2v) is 5.91. The first-order valence-corrected chi connectivity index (χ1v) is 6.98. The zero-order valence-corrected chi connectivity index (χ0v) is 11.6. The minimum atomic E-state index is -0.515. The maximum atomic E-state index is 12.1. The van der Waals surface area contributed by atoms with Crippen LogP contribution in [0.15, 0.2) is 0 Å². The van der Waals surface area contributed by atoms with Crippen molar-refractivity contribution in [3.05, 3.63) is 0 Å². The Labute approximate surface area is 110 Å². The molecule has 0 aromatic rings. The van der Waals surface area contributed by atoms with E-state index >= 15 is 0 Å². The van der Waals surface area contributed by atoms with Crippen molar-refractivity contribution in [1.82, 2.24) is 5.32 Å². The van der Waals surface area contributed by atoms with Gasteiger partial charge in [0.2, 0.25) is 5.91 Å². The highest BCUT2D eigenvalue weighted by Gasteiger charge is 2.30. The van der Waals surface area contributed by atoms with Gasteiger partial charge in [-0.1, -0.05) is 33.1 Å². The lowest BCUT2D eigenvalue weighted by Gasteiger charge is -2.23. The van der Waals surface area contributed by atoms with Gasteiger partial charge in [0.1, 0.15) is 5.78 Å². The number of nitrogens with two attached hydrogens (primary N) is 1. The molecule has 1 heterocycles. The third-order valence-electron chi connectivity index (χ3n) is 3.85. The Hall–Kier alpha value is -0.900. The molecule has 0 saturated carbocycles. The van der Waals surface area contributed by atoms with Crippen molar-refractivity contribution in [2.24, 2.45) is 17.1 Å². The van der Waals surface area contributed by atoms with Gasteiger partial charge in [0.25, 0.3) is 0 Å². The van der Waals surface area contributed by atoms with Crippen molar-refractivity contribution in [2.45, 2.75) is 52.4 Å². The molecule has 0 aromatic heterocycles. The standard InChI is InChI=1S/C14H26N2O2/c1-14(2,10-15)12(17)9-11-7-5-3-4-6-8-16-13(11)18/h11H,3-10,15H2,1-2H3,(H,16,18). The van der Waals surface area contributed by atoms with Crippen LogP contribution >= 0.6 is 0 Å². The lowest BCUT2D eigenvalue weighted by molar-refractivity contribution is -0.133. The molecule has 1 fully saturated rings. The molecule has 0 aromatic carbocycles. The second-order valence-electron chi connectivity index (χ2n) is 5.91. The fourth-order valence-corrected chi connectivity index (χ4v) is 2.16. The molecule has 1 amide bonds. The molecular formula is C14H26N2O2. The number of hydrogen-bond acceptors (Lipinski definition) is 3. The summed E-state index contributed by atoms with van der Waals surface area (Å²) < 4.78 is 0. The fraction of sp³-hybridized carbons (Fsp3) is 0.857. The summed E-state index contributed by atoms with van der Waals surface area (Å²) in [6, 6.07) is 0. The van der Waals surface area contributed by atoms with Crippen molar-refractivity contribution < 1.29 is 9.59 Å². The van der Waals surface area contributed by atoms with Crippen LogP contribution < -0.4 is 11.1 Å². The van der Waals surface area contributed by atoms with Crippen LogP contribution in [0.1, 0.15) is 52.4 Å². The SMILES string of the molecule is CC(C)(CN)C(=O)CC1CCCCCCNC1=O. The molecule has 1 rings (SSSR count). The van der Waals surface area contributed by atoms with Crippen molar-refractivity contribution in [3.8, 4) is 0 Å². The Balaban J connectivity index is 2.61. The smallest absolute Gasteiger partial charge is 0.223 e. The topological polar surface area (TPSA) is 72.2 Å². The Morgan fingerprint density at radius 1 is 1.33 bits per heavy atom. The third-order valence-corrected chi connectivity index (χ3v) is 3.85. The predicted octanol–water partition coefficient (Wildman–Crippen LogP) is 1.63. The third kappa shape index (κ3) is 4.41. The average Bonchev–Trinajstić information content (AvgIpc) is 2.43. The van der Waals surface area contributed by atoms with Crippen LogP contribution in [0.5, 0.6) is 0 Å². The van der Waals surface area contributed by atoms with Crippen LogP contribution in [0.25, 0.3) is 0 Å². The summed E-state index contributed by atoms with van der Waals surface area (Å²) >= 11 is 0. The molecule has 0 aliphatic carbocycles. The summed E-state index contributed by atoms with van der Waals surface area (Å²) in [5.74, 6) is -0.0242. The van der Waals surface area contributed by atoms with Gasteiger partial charge in [-0.15, -0.1) is 0 Å². The van der Waals surface area contributed by atoms with Crippen molar-refractivity contribution in [2.75, 3.05) is 13.1 Å². The molecule has 18 heavy (non-hydrogen) atoms. The number of nitrogens with one attached hydrogen (secondary N) is 1. The van der Waals surface area contributed by atoms with Gasteiger partial charge in [-0.05, 0) is 12.8 Å². The first-order chi connectivity index (χ1) is 8.47. The van der Waals surface area contributed by atoms with Gasteiger partial charge in [-0.2, -0.15) is 0 Å². The molecule has 0 spiro atoms. The van der Waals surface area contributed by atoms with Crippen LogP contribution in [0, 0.1) is 11.3 Å². The molecule has 1 atom stereocenters. The highest BCUT2D eigenvalue weighted by molar-refractivity contribution is 5.89. The van der Waals surface area contributed by atoms with E-state index in [0.29, 0.717) is 13.0 Å². The van der Waals surface area contributed by atoms with E-state index in [9.17, 15) is 9.59 Å². The summed E-state index contributed by atoms with van der Waals surface area (Å²) in [5, 5.41) is 2.93. The molecule has 0 radical (unpaired) electrons. The fourth-order valence-electron chi connectivity index (χ4n) is 2.16. The highest BCUT2D eigenvalue weighted by Crippen LogP contribution is 2.23. The first-order valence-electron chi connectivity index (χ1n) is 6.98. The number of amides is 1. The normalized spacial score (nSPS) is 22.6. The van der Waals surface area contributed by atoms with E-state index in [2.05, 4.69) is 5.32 Å². The van der Waals surface area contributed by atoms with Crippen LogP contribution in [0.2, 0.25) is 0 Å². The van der Waals surface area contributed by atoms with Crippen molar-refractivity contribution in [1.29, 1.82) is 0 Å². The molecule has 3 N–H and O–H groups in total. The van der Waals surface area contributed by atoms with Crippen LogP contribution in [-0.2, 0) is 9.59 Å². The molecule has 4 heteroatoms. The van der Waals surface area contributed by atoms with E-state index in [4.69, 9.17) is 5.73 Å². The summed E-state index contributed by atoms with van der Waals surface area (Å²) in [7, 11) is 0. The van der Waals surface area contributed by atoms with Gasteiger partial charge in [-0.3, -0.25) is 9.59 Å². The van der Waals surface area contributed by atoms with Crippen LogP contribution in [0.4, 0.5) is 0 Å². The van der Waals surface area contributed by atoms with Crippen molar-refractivity contribution >= 4 is 11.7 Å². The largest absolute Gasteiger partial charge is 0.356 e. The molecule has 1 aliphatic rings. The summed E-state index contributed by atoms with van der Waals surface area (Å²) in [4.78, 5) is 24.1. The minimum absolute atomic E-state index is 0.0399. The van der Waals surface area contributed by atoms with Crippen molar-refractivity contribution in [3.63, 3.8) is 0 Å². The summed E-state index contributed by atoms with van der Waals surface area (Å²) in [5.41, 5.74) is 5.09. The lowest BCUT2D eigenvalue weighted by atomic mass is 9.82. The Morgan fingerprint density at radius 3 is 2.67 bits per heavy atom. The minimum Gasteiger partial charge on any atom is -0.356 e. The number of carbonyl (C=O) groups is 2. The van der Waals surface area contributed by atoms with E-state index in [1.54, 1.807) is 0 Å². The van der Waals surface area contributed by atoms with Gasteiger partial charge >= 0.3 is 0 Å². The Kier molecular flexibility index (Phi) is 5.79. The van der Waals surface area contributed by atoms with Gasteiger partial charge in [0.15, 0.2) is 0 Å². The number of carbonyl (C=O) groups excluding carboxylic acids is 2. The van der Waals surface area contributed by atoms with Gasteiger partial charge < -0.3 is 11.1 Å². The first kappa shape index (κ1) is 15.2.